The molecule has 0 fully saturated rings. The number of anilines is 1. The van der Waals surface area contributed by atoms with Gasteiger partial charge in [-0.15, -0.1) is 11.3 Å². The average Bonchev–Trinajstić information content (AvgIpc) is 3.28. The lowest BCUT2D eigenvalue weighted by Gasteiger charge is -2.13. The summed E-state index contributed by atoms with van der Waals surface area (Å²) >= 11 is 2.70. The van der Waals surface area contributed by atoms with Crippen LogP contribution >= 0.6 is 23.1 Å². The van der Waals surface area contributed by atoms with Crippen LogP contribution in [0.1, 0.15) is 4.88 Å². The Labute approximate surface area is 228 Å². The number of aryl methyl sites for hydroxylation is 1. The molecule has 0 saturated carbocycles. The van der Waals surface area contributed by atoms with Gasteiger partial charge in [0.2, 0.25) is 5.91 Å². The third-order valence-electron chi connectivity index (χ3n) is 5.95. The van der Waals surface area contributed by atoms with Gasteiger partial charge in [0.15, 0.2) is 16.7 Å². The predicted octanol–water partition coefficient (Wildman–Crippen LogP) is 6.17. The first-order valence-corrected chi connectivity index (χ1v) is 13.6. The Balaban J connectivity index is 1.51. The highest BCUT2D eigenvalue weighted by molar-refractivity contribution is 7.99. The van der Waals surface area contributed by atoms with E-state index in [1.54, 1.807) is 37.0 Å². The third kappa shape index (κ3) is 5.03. The molecule has 0 bridgehead atoms. The minimum absolute atomic E-state index is 0.0645. The molecule has 0 radical (unpaired) electrons. The zero-order valence-corrected chi connectivity index (χ0v) is 22.7. The first-order chi connectivity index (χ1) is 18.5. The highest BCUT2D eigenvalue weighted by Crippen LogP contribution is 2.37. The molecule has 9 heteroatoms. The van der Waals surface area contributed by atoms with Crippen LogP contribution in [0.3, 0.4) is 0 Å². The molecule has 5 rings (SSSR count). The van der Waals surface area contributed by atoms with E-state index in [1.165, 1.54) is 23.1 Å². The lowest BCUT2D eigenvalue weighted by molar-refractivity contribution is -0.113. The lowest BCUT2D eigenvalue weighted by atomic mass is 10.0. The zero-order valence-electron chi connectivity index (χ0n) is 21.1. The highest BCUT2D eigenvalue weighted by atomic mass is 32.2. The Morgan fingerprint density at radius 1 is 0.974 bits per heavy atom. The number of methoxy groups -OCH3 is 2. The van der Waals surface area contributed by atoms with Crippen LogP contribution in [0.5, 0.6) is 11.5 Å². The van der Waals surface area contributed by atoms with Crippen LogP contribution in [-0.2, 0) is 4.79 Å². The van der Waals surface area contributed by atoms with E-state index < -0.39 is 0 Å². The summed E-state index contributed by atoms with van der Waals surface area (Å²) in [6, 6.07) is 24.4. The zero-order chi connectivity index (χ0) is 26.6. The first-order valence-electron chi connectivity index (χ1n) is 11.8. The van der Waals surface area contributed by atoms with Gasteiger partial charge in [-0.25, -0.2) is 4.98 Å². The minimum Gasteiger partial charge on any atom is -0.493 e. The topological polar surface area (TPSA) is 82.5 Å². The van der Waals surface area contributed by atoms with E-state index in [2.05, 4.69) is 5.32 Å². The van der Waals surface area contributed by atoms with Gasteiger partial charge in [-0.2, -0.15) is 0 Å². The normalized spacial score (nSPS) is 10.9. The molecule has 2 heterocycles. The summed E-state index contributed by atoms with van der Waals surface area (Å²) in [6.45, 7) is 2.00. The molecular formula is C29H25N3O4S2. The summed E-state index contributed by atoms with van der Waals surface area (Å²) < 4.78 is 12.2. The Morgan fingerprint density at radius 2 is 1.66 bits per heavy atom. The number of rotatable bonds is 8. The van der Waals surface area contributed by atoms with E-state index in [1.807, 2.05) is 67.6 Å². The molecule has 1 amide bonds. The van der Waals surface area contributed by atoms with Crippen LogP contribution in [0.4, 0.5) is 5.69 Å². The lowest BCUT2D eigenvalue weighted by Crippen LogP contribution is -2.22. The van der Waals surface area contributed by atoms with E-state index in [0.29, 0.717) is 38.2 Å². The molecular weight excluding hydrogens is 518 g/mol. The molecule has 1 N–H and O–H groups in total. The molecule has 0 unspecified atom stereocenters. The molecule has 2 aromatic heterocycles. The minimum atomic E-state index is -0.233. The number of fused-ring (bicyclic) bond motifs is 1. The number of para-hydroxylation sites is 1. The maximum Gasteiger partial charge on any atom is 0.268 e. The fourth-order valence-electron chi connectivity index (χ4n) is 4.24. The average molecular weight is 544 g/mol. The fourth-order valence-corrected chi connectivity index (χ4v) is 6.14. The van der Waals surface area contributed by atoms with Crippen molar-refractivity contribution in [2.45, 2.75) is 12.1 Å². The van der Waals surface area contributed by atoms with Gasteiger partial charge in [0.25, 0.3) is 5.56 Å². The van der Waals surface area contributed by atoms with Crippen molar-refractivity contribution < 1.29 is 14.3 Å². The standard InChI is InChI=1S/C29H25N3O4S2/c1-18-25(19-10-6-4-7-11-19)26-27(38-18)31-29(32(28(26)34)21-12-8-5-9-13-21)37-17-24(33)30-20-14-15-22(35-2)23(16-20)36-3/h4-16H,17H2,1-3H3,(H,30,33). The van der Waals surface area contributed by atoms with Crippen molar-refractivity contribution in [1.82, 2.24) is 9.55 Å². The van der Waals surface area contributed by atoms with E-state index in [-0.39, 0.29) is 17.2 Å². The van der Waals surface area contributed by atoms with E-state index in [0.717, 1.165) is 16.0 Å². The van der Waals surface area contributed by atoms with Crippen molar-refractivity contribution in [2.75, 3.05) is 25.3 Å². The van der Waals surface area contributed by atoms with Gasteiger partial charge in [-0.3, -0.25) is 14.2 Å². The summed E-state index contributed by atoms with van der Waals surface area (Å²) in [5, 5.41) is 3.92. The number of thiophene rings is 1. The number of ether oxygens (including phenoxy) is 2. The molecule has 0 spiro atoms. The fraction of sp³-hybridized carbons (Fsp3) is 0.138. The molecule has 0 saturated heterocycles. The Bertz CT molecular complexity index is 1660. The number of hydrogen-bond donors (Lipinski definition) is 1. The number of carbonyl (C=O) groups excluding carboxylic acids is 1. The van der Waals surface area contributed by atoms with Gasteiger partial charge < -0.3 is 14.8 Å². The largest absolute Gasteiger partial charge is 0.493 e. The quantitative estimate of drug-likeness (QED) is 0.186. The van der Waals surface area contributed by atoms with Crippen LogP contribution in [0.15, 0.2) is 88.8 Å². The number of nitrogens with zero attached hydrogens (tertiary/aromatic N) is 2. The first kappa shape index (κ1) is 25.6. The second-order valence-corrected chi connectivity index (χ2v) is 10.5. The highest BCUT2D eigenvalue weighted by Gasteiger charge is 2.21. The number of benzene rings is 3. The van der Waals surface area contributed by atoms with Crippen LogP contribution in [0.25, 0.3) is 27.0 Å². The summed E-state index contributed by atoms with van der Waals surface area (Å²) in [7, 11) is 3.10. The van der Waals surface area contributed by atoms with Gasteiger partial charge in [-0.05, 0) is 36.8 Å². The van der Waals surface area contributed by atoms with Gasteiger partial charge in [-0.1, -0.05) is 60.3 Å². The summed E-state index contributed by atoms with van der Waals surface area (Å²) in [5.41, 5.74) is 2.99. The van der Waals surface area contributed by atoms with Crippen molar-refractivity contribution in [3.05, 3.63) is 94.1 Å². The van der Waals surface area contributed by atoms with Crippen molar-refractivity contribution in [1.29, 1.82) is 0 Å². The summed E-state index contributed by atoms with van der Waals surface area (Å²) in [5.74, 6) is 0.925. The molecule has 0 aliphatic carbocycles. The van der Waals surface area contributed by atoms with E-state index in [4.69, 9.17) is 14.5 Å². The second kappa shape index (κ2) is 11.1. The third-order valence-corrected chi connectivity index (χ3v) is 7.89. The molecule has 38 heavy (non-hydrogen) atoms. The van der Waals surface area contributed by atoms with Gasteiger partial charge in [0.1, 0.15) is 4.83 Å². The number of nitrogens with one attached hydrogen (secondary N) is 1. The van der Waals surface area contributed by atoms with Gasteiger partial charge in [0.05, 0.1) is 31.0 Å². The Kier molecular flexibility index (Phi) is 7.48. The van der Waals surface area contributed by atoms with Crippen molar-refractivity contribution >= 4 is 44.9 Å². The Hall–Kier alpha value is -4.08. The second-order valence-electron chi connectivity index (χ2n) is 8.36. The maximum atomic E-state index is 14.0. The molecule has 0 aliphatic heterocycles. The van der Waals surface area contributed by atoms with E-state index in [9.17, 15) is 9.59 Å². The number of amides is 1. The Morgan fingerprint density at radius 3 is 2.34 bits per heavy atom. The van der Waals surface area contributed by atoms with Gasteiger partial charge in [0, 0.05) is 22.2 Å². The number of aromatic nitrogens is 2. The van der Waals surface area contributed by atoms with Crippen molar-refractivity contribution in [3.63, 3.8) is 0 Å². The van der Waals surface area contributed by atoms with E-state index >= 15 is 0 Å². The predicted molar refractivity (Wildman–Crippen MR) is 154 cm³/mol. The summed E-state index contributed by atoms with van der Waals surface area (Å²) in [6.07, 6.45) is 0. The van der Waals surface area contributed by atoms with Crippen LogP contribution in [-0.4, -0.2) is 35.4 Å². The number of hydrogen-bond acceptors (Lipinski definition) is 7. The van der Waals surface area contributed by atoms with Crippen LogP contribution < -0.4 is 20.3 Å². The number of thioether (sulfide) groups is 1. The van der Waals surface area contributed by atoms with Crippen molar-refractivity contribution in [2.24, 2.45) is 0 Å². The molecule has 7 nitrogen and oxygen atoms in total. The molecule has 0 aliphatic rings. The monoisotopic (exact) mass is 543 g/mol. The van der Waals surface area contributed by atoms with Gasteiger partial charge >= 0.3 is 0 Å². The molecule has 0 atom stereocenters. The molecule has 5 aromatic rings. The number of carbonyl (C=O) groups is 1. The SMILES string of the molecule is COc1ccc(NC(=O)CSc2nc3sc(C)c(-c4ccccc4)c3c(=O)n2-c2ccccc2)cc1OC. The van der Waals surface area contributed by atoms with Crippen LogP contribution in [0, 0.1) is 6.92 Å². The van der Waals surface area contributed by atoms with Crippen molar-refractivity contribution in [3.8, 4) is 28.3 Å². The molecule has 192 valence electrons. The molecule has 3 aromatic carbocycles. The summed E-state index contributed by atoms with van der Waals surface area (Å²) in [4.78, 5) is 33.4. The smallest absolute Gasteiger partial charge is 0.268 e. The van der Waals surface area contributed by atoms with Crippen LogP contribution in [0.2, 0.25) is 0 Å². The maximum absolute atomic E-state index is 14.0.